The number of fused-ring (bicyclic) bond motifs is 1. The van der Waals surface area contributed by atoms with E-state index in [1.807, 2.05) is 44.2 Å². The summed E-state index contributed by atoms with van der Waals surface area (Å²) < 4.78 is 5.21. The highest BCUT2D eigenvalue weighted by molar-refractivity contribution is 6.35. The molecular formula is C26H22N2O5. The fourth-order valence-electron chi connectivity index (χ4n) is 3.80. The second-order valence-electron chi connectivity index (χ2n) is 7.54. The van der Waals surface area contributed by atoms with Crippen molar-refractivity contribution in [2.45, 2.75) is 13.8 Å². The number of nitrogens with zero attached hydrogens (tertiary/aromatic N) is 2. The van der Waals surface area contributed by atoms with Crippen LogP contribution in [0.1, 0.15) is 43.6 Å². The van der Waals surface area contributed by atoms with Crippen LogP contribution in [0.15, 0.2) is 72.8 Å². The number of hydrogen-bond donors (Lipinski definition) is 0. The van der Waals surface area contributed by atoms with Crippen molar-refractivity contribution in [1.29, 1.82) is 0 Å². The lowest BCUT2D eigenvalue weighted by atomic mass is 10.1. The SMILES string of the molecule is CCN(C(=O)COC(=O)c1ccc2c(c1)C(=O)N(c1ccccc1C)C2=O)c1ccccc1. The Morgan fingerprint density at radius 3 is 2.24 bits per heavy atom. The molecule has 0 saturated heterocycles. The minimum Gasteiger partial charge on any atom is -0.452 e. The van der Waals surface area contributed by atoms with E-state index in [1.165, 1.54) is 23.1 Å². The molecule has 0 fully saturated rings. The van der Waals surface area contributed by atoms with Crippen LogP contribution in [-0.4, -0.2) is 36.8 Å². The van der Waals surface area contributed by atoms with E-state index in [0.29, 0.717) is 17.9 Å². The van der Waals surface area contributed by atoms with E-state index >= 15 is 0 Å². The molecule has 0 aromatic heterocycles. The molecule has 7 heteroatoms. The van der Waals surface area contributed by atoms with Gasteiger partial charge < -0.3 is 9.64 Å². The van der Waals surface area contributed by atoms with Crippen LogP contribution in [0.2, 0.25) is 0 Å². The molecule has 7 nitrogen and oxygen atoms in total. The van der Waals surface area contributed by atoms with Crippen LogP contribution in [0.3, 0.4) is 0 Å². The number of ether oxygens (including phenoxy) is 1. The third-order valence-electron chi connectivity index (χ3n) is 5.49. The Morgan fingerprint density at radius 1 is 0.879 bits per heavy atom. The molecule has 1 heterocycles. The summed E-state index contributed by atoms with van der Waals surface area (Å²) >= 11 is 0. The van der Waals surface area contributed by atoms with Gasteiger partial charge in [-0.05, 0) is 55.8 Å². The summed E-state index contributed by atoms with van der Waals surface area (Å²) in [4.78, 5) is 53.6. The van der Waals surface area contributed by atoms with Gasteiger partial charge in [-0.15, -0.1) is 0 Å². The van der Waals surface area contributed by atoms with Gasteiger partial charge in [0.1, 0.15) is 0 Å². The van der Waals surface area contributed by atoms with Gasteiger partial charge in [-0.1, -0.05) is 36.4 Å². The predicted octanol–water partition coefficient (Wildman–Crippen LogP) is 4.01. The van der Waals surface area contributed by atoms with Crippen molar-refractivity contribution >= 4 is 35.1 Å². The highest BCUT2D eigenvalue weighted by Crippen LogP contribution is 2.31. The standard InChI is InChI=1S/C26H22N2O5/c1-3-27(19-10-5-4-6-11-19)23(29)16-33-26(32)18-13-14-20-21(15-18)25(31)28(24(20)30)22-12-8-7-9-17(22)2/h4-15H,3,16H2,1-2H3. The summed E-state index contributed by atoms with van der Waals surface area (Å²) in [6.07, 6.45) is 0. The van der Waals surface area contributed by atoms with E-state index in [1.54, 1.807) is 24.3 Å². The quantitative estimate of drug-likeness (QED) is 0.426. The maximum atomic E-state index is 13.0. The maximum Gasteiger partial charge on any atom is 0.338 e. The predicted molar refractivity (Wildman–Crippen MR) is 124 cm³/mol. The highest BCUT2D eigenvalue weighted by Gasteiger charge is 2.37. The summed E-state index contributed by atoms with van der Waals surface area (Å²) in [6.45, 7) is 3.62. The van der Waals surface area contributed by atoms with Crippen LogP contribution in [0.25, 0.3) is 0 Å². The zero-order valence-electron chi connectivity index (χ0n) is 18.3. The molecule has 0 saturated carbocycles. The summed E-state index contributed by atoms with van der Waals surface area (Å²) in [5, 5.41) is 0. The molecule has 0 bridgehead atoms. The number of carbonyl (C=O) groups is 4. The van der Waals surface area contributed by atoms with Gasteiger partial charge in [-0.3, -0.25) is 14.4 Å². The maximum absolute atomic E-state index is 13.0. The third-order valence-corrected chi connectivity index (χ3v) is 5.49. The van der Waals surface area contributed by atoms with Crippen molar-refractivity contribution < 1.29 is 23.9 Å². The number of carbonyl (C=O) groups excluding carboxylic acids is 4. The number of para-hydroxylation sites is 2. The van der Waals surface area contributed by atoms with Crippen LogP contribution >= 0.6 is 0 Å². The van der Waals surface area contributed by atoms with Crippen LogP contribution < -0.4 is 9.80 Å². The minimum absolute atomic E-state index is 0.0945. The van der Waals surface area contributed by atoms with E-state index in [9.17, 15) is 19.2 Å². The number of aryl methyl sites for hydroxylation is 1. The summed E-state index contributed by atoms with van der Waals surface area (Å²) in [5.41, 5.74) is 2.43. The summed E-state index contributed by atoms with van der Waals surface area (Å²) in [6, 6.07) is 20.4. The Labute approximate surface area is 191 Å². The zero-order valence-corrected chi connectivity index (χ0v) is 18.3. The first kappa shape index (κ1) is 22.0. The number of rotatable bonds is 6. The van der Waals surface area contributed by atoms with Crippen LogP contribution in [0.4, 0.5) is 11.4 Å². The van der Waals surface area contributed by atoms with E-state index < -0.39 is 24.4 Å². The third kappa shape index (κ3) is 4.13. The highest BCUT2D eigenvalue weighted by atomic mass is 16.5. The number of benzene rings is 3. The molecular weight excluding hydrogens is 420 g/mol. The van der Waals surface area contributed by atoms with Crippen LogP contribution in [-0.2, 0) is 9.53 Å². The number of imide groups is 1. The molecule has 0 N–H and O–H groups in total. The van der Waals surface area contributed by atoms with Crippen molar-refractivity contribution in [2.75, 3.05) is 23.0 Å². The molecule has 0 radical (unpaired) electrons. The molecule has 3 aromatic rings. The van der Waals surface area contributed by atoms with Crippen molar-refractivity contribution in [3.05, 3.63) is 95.1 Å². The monoisotopic (exact) mass is 442 g/mol. The zero-order chi connectivity index (χ0) is 23.5. The Bertz CT molecular complexity index is 1250. The molecule has 4 rings (SSSR count). The van der Waals surface area contributed by atoms with Gasteiger partial charge in [-0.2, -0.15) is 0 Å². The largest absolute Gasteiger partial charge is 0.452 e. The van der Waals surface area contributed by atoms with Crippen molar-refractivity contribution in [3.8, 4) is 0 Å². The molecule has 1 aliphatic heterocycles. The first-order valence-electron chi connectivity index (χ1n) is 10.5. The molecule has 0 spiro atoms. The lowest BCUT2D eigenvalue weighted by Gasteiger charge is -2.20. The molecule has 166 valence electrons. The molecule has 0 aliphatic carbocycles. The molecule has 1 aliphatic rings. The smallest absolute Gasteiger partial charge is 0.338 e. The van der Waals surface area contributed by atoms with Gasteiger partial charge in [0.25, 0.3) is 17.7 Å². The lowest BCUT2D eigenvalue weighted by Crippen LogP contribution is -2.34. The summed E-state index contributed by atoms with van der Waals surface area (Å²) in [7, 11) is 0. The van der Waals surface area contributed by atoms with Gasteiger partial charge in [0.2, 0.25) is 0 Å². The van der Waals surface area contributed by atoms with E-state index in [-0.39, 0.29) is 22.6 Å². The van der Waals surface area contributed by atoms with E-state index in [0.717, 1.165) is 10.5 Å². The number of anilines is 2. The number of likely N-dealkylation sites (N-methyl/N-ethyl adjacent to an activating group) is 1. The van der Waals surface area contributed by atoms with Crippen LogP contribution in [0, 0.1) is 6.92 Å². The van der Waals surface area contributed by atoms with Crippen molar-refractivity contribution in [1.82, 2.24) is 0 Å². The van der Waals surface area contributed by atoms with Crippen molar-refractivity contribution in [2.24, 2.45) is 0 Å². The normalized spacial score (nSPS) is 12.5. The Balaban J connectivity index is 1.49. The Kier molecular flexibility index (Phi) is 6.04. The molecule has 0 unspecified atom stereocenters. The van der Waals surface area contributed by atoms with E-state index in [4.69, 9.17) is 4.74 Å². The topological polar surface area (TPSA) is 84.0 Å². The lowest BCUT2D eigenvalue weighted by molar-refractivity contribution is -0.121. The number of esters is 1. The van der Waals surface area contributed by atoms with Crippen LogP contribution in [0.5, 0.6) is 0 Å². The molecule has 3 aromatic carbocycles. The second kappa shape index (κ2) is 9.08. The Morgan fingerprint density at radius 2 is 1.55 bits per heavy atom. The van der Waals surface area contributed by atoms with Gasteiger partial charge >= 0.3 is 5.97 Å². The average Bonchev–Trinajstić information content (AvgIpc) is 3.08. The van der Waals surface area contributed by atoms with Gasteiger partial charge in [0.05, 0.1) is 22.4 Å². The van der Waals surface area contributed by atoms with Gasteiger partial charge in [0, 0.05) is 12.2 Å². The molecule has 33 heavy (non-hydrogen) atoms. The molecule has 0 atom stereocenters. The second-order valence-corrected chi connectivity index (χ2v) is 7.54. The fraction of sp³-hybridized carbons (Fsp3) is 0.154. The van der Waals surface area contributed by atoms with Gasteiger partial charge in [0.15, 0.2) is 6.61 Å². The fourth-order valence-corrected chi connectivity index (χ4v) is 3.80. The number of amides is 3. The first-order chi connectivity index (χ1) is 15.9. The average molecular weight is 442 g/mol. The van der Waals surface area contributed by atoms with Gasteiger partial charge in [-0.25, -0.2) is 9.69 Å². The minimum atomic E-state index is -0.746. The Hall–Kier alpha value is -4.26. The summed E-state index contributed by atoms with van der Waals surface area (Å²) in [5.74, 6) is -2.06. The molecule has 3 amide bonds. The number of hydrogen-bond acceptors (Lipinski definition) is 5. The van der Waals surface area contributed by atoms with E-state index in [2.05, 4.69) is 0 Å². The van der Waals surface area contributed by atoms with Crippen molar-refractivity contribution in [3.63, 3.8) is 0 Å². The first-order valence-corrected chi connectivity index (χ1v) is 10.5.